The molecule has 1 aliphatic heterocycles. The first-order valence-electron chi connectivity index (χ1n) is 9.80. The van der Waals surface area contributed by atoms with Gasteiger partial charge in [-0.05, 0) is 30.3 Å². The number of hydrogen-bond acceptors (Lipinski definition) is 7. The van der Waals surface area contributed by atoms with Crippen molar-refractivity contribution in [2.45, 2.75) is 0 Å². The second-order valence-electron chi connectivity index (χ2n) is 7.09. The van der Waals surface area contributed by atoms with Crippen molar-refractivity contribution in [3.63, 3.8) is 0 Å². The van der Waals surface area contributed by atoms with Gasteiger partial charge < -0.3 is 15.5 Å². The Labute approximate surface area is 194 Å². The number of benzene rings is 2. The molecule has 0 bridgehead atoms. The third-order valence-electron chi connectivity index (χ3n) is 5.11. The molecule has 0 spiro atoms. The van der Waals surface area contributed by atoms with Gasteiger partial charge in [0, 0.05) is 31.2 Å². The van der Waals surface area contributed by atoms with Crippen LogP contribution in [0.4, 0.5) is 27.4 Å². The lowest BCUT2D eigenvalue weighted by atomic mass is 10.2. The first kappa shape index (κ1) is 21.9. The molecule has 0 saturated carbocycles. The van der Waals surface area contributed by atoms with Gasteiger partial charge in [0.15, 0.2) is 11.6 Å². The number of nitrogens with one attached hydrogen (secondary N) is 2. The summed E-state index contributed by atoms with van der Waals surface area (Å²) in [7, 11) is 0. The lowest BCUT2D eigenvalue weighted by molar-refractivity contribution is 0.0962. The summed E-state index contributed by atoms with van der Waals surface area (Å²) in [5, 5.41) is 0.653. The zero-order valence-corrected chi connectivity index (χ0v) is 18.4. The summed E-state index contributed by atoms with van der Waals surface area (Å²) in [5.41, 5.74) is 12.6. The lowest BCUT2D eigenvalue weighted by Crippen LogP contribution is -2.47. The van der Waals surface area contributed by atoms with Crippen molar-refractivity contribution in [2.75, 3.05) is 47.1 Å². The molecule has 2 heterocycles. The van der Waals surface area contributed by atoms with Crippen LogP contribution in [0.25, 0.3) is 0 Å². The van der Waals surface area contributed by atoms with E-state index >= 15 is 0 Å². The Kier molecular flexibility index (Phi) is 6.48. The second-order valence-corrected chi connectivity index (χ2v) is 7.93. The van der Waals surface area contributed by atoms with Crippen LogP contribution in [0.2, 0.25) is 10.0 Å². The van der Waals surface area contributed by atoms with Crippen LogP contribution in [0.5, 0.6) is 0 Å². The summed E-state index contributed by atoms with van der Waals surface area (Å²) < 4.78 is 14.1. The highest BCUT2D eigenvalue weighted by Gasteiger charge is 2.23. The Bertz CT molecular complexity index is 1140. The van der Waals surface area contributed by atoms with Crippen LogP contribution in [0.1, 0.15) is 10.4 Å². The van der Waals surface area contributed by atoms with Crippen LogP contribution < -0.4 is 26.4 Å². The maximum absolute atomic E-state index is 14.1. The number of aromatic nitrogens is 2. The van der Waals surface area contributed by atoms with Gasteiger partial charge in [0.2, 0.25) is 0 Å². The molecule has 166 valence electrons. The molecule has 32 heavy (non-hydrogen) atoms. The van der Waals surface area contributed by atoms with Crippen LogP contribution >= 0.6 is 23.2 Å². The van der Waals surface area contributed by atoms with E-state index in [9.17, 15) is 9.18 Å². The van der Waals surface area contributed by atoms with Crippen molar-refractivity contribution in [3.05, 3.63) is 70.2 Å². The topological polar surface area (TPSA) is 99.4 Å². The Hall–Kier alpha value is -3.30. The fourth-order valence-corrected chi connectivity index (χ4v) is 3.96. The zero-order valence-electron chi connectivity index (χ0n) is 16.9. The first-order chi connectivity index (χ1) is 15.4. The number of para-hydroxylation sites is 1. The van der Waals surface area contributed by atoms with Crippen LogP contribution in [0, 0.1) is 5.82 Å². The van der Waals surface area contributed by atoms with E-state index in [1.807, 2.05) is 15.9 Å². The van der Waals surface area contributed by atoms with Gasteiger partial charge in [0.1, 0.15) is 17.8 Å². The van der Waals surface area contributed by atoms with E-state index in [1.165, 1.54) is 24.5 Å². The number of nitrogens with two attached hydrogens (primary N) is 1. The largest absolute Gasteiger partial charge is 0.393 e. The number of halogens is 3. The van der Waals surface area contributed by atoms with Gasteiger partial charge >= 0.3 is 0 Å². The van der Waals surface area contributed by atoms with Gasteiger partial charge in [0.05, 0.1) is 16.3 Å². The molecule has 0 aliphatic carbocycles. The number of carbonyl (C=O) groups excluding carboxylic acids is 1. The van der Waals surface area contributed by atoms with Gasteiger partial charge in [0.25, 0.3) is 5.91 Å². The zero-order chi connectivity index (χ0) is 22.7. The number of carbonyl (C=O) groups is 1. The fourth-order valence-electron chi connectivity index (χ4n) is 3.46. The first-order valence-corrected chi connectivity index (χ1v) is 10.6. The quantitative estimate of drug-likeness (QED) is 0.484. The lowest BCUT2D eigenvalue weighted by Gasteiger charge is -2.37. The van der Waals surface area contributed by atoms with Crippen LogP contribution in [0.3, 0.4) is 0 Å². The minimum absolute atomic E-state index is 0.223. The fraction of sp³-hybridized carbons (Fsp3) is 0.190. The number of nitrogen functional groups attached to an aromatic ring is 1. The average molecular weight is 476 g/mol. The average Bonchev–Trinajstić information content (AvgIpc) is 2.79. The minimum atomic E-state index is -0.468. The number of nitrogens with zero attached hydrogens (tertiary/aromatic N) is 4. The predicted octanol–water partition coefficient (Wildman–Crippen LogP) is 3.59. The van der Waals surface area contributed by atoms with Gasteiger partial charge in [-0.25, -0.2) is 14.4 Å². The van der Waals surface area contributed by atoms with Crippen molar-refractivity contribution >= 4 is 52.1 Å². The van der Waals surface area contributed by atoms with Gasteiger partial charge in [-0.3, -0.25) is 15.6 Å². The summed E-state index contributed by atoms with van der Waals surface area (Å²) in [6.45, 7) is 2.42. The van der Waals surface area contributed by atoms with Crippen molar-refractivity contribution in [1.82, 2.24) is 15.4 Å². The van der Waals surface area contributed by atoms with Crippen molar-refractivity contribution in [3.8, 4) is 0 Å². The number of hydrogen-bond donors (Lipinski definition) is 3. The summed E-state index contributed by atoms with van der Waals surface area (Å²) in [6.07, 6.45) is 1.36. The molecule has 1 amide bonds. The standard InChI is InChI=1S/C21H20Cl2FN7O/c22-13-5-6-14(15(23)11-13)21(32)29-28-19-18(25)20(27-12-26-19)31-9-7-30(8-10-31)17-4-2-1-3-16(17)24/h1-6,11-12H,7-10,25H2,(H,29,32)(H,26,27,28). The van der Waals surface area contributed by atoms with Gasteiger partial charge in [-0.15, -0.1) is 0 Å². The molecule has 1 aromatic heterocycles. The summed E-state index contributed by atoms with van der Waals surface area (Å²) >= 11 is 11.9. The molecular weight excluding hydrogens is 456 g/mol. The third-order valence-corrected chi connectivity index (χ3v) is 5.65. The molecule has 0 unspecified atom stereocenters. The maximum Gasteiger partial charge on any atom is 0.271 e. The second kappa shape index (κ2) is 9.46. The predicted molar refractivity (Wildman–Crippen MR) is 125 cm³/mol. The van der Waals surface area contributed by atoms with Crippen LogP contribution in [-0.4, -0.2) is 42.1 Å². The highest BCUT2D eigenvalue weighted by molar-refractivity contribution is 6.36. The molecule has 4 N–H and O–H groups in total. The highest BCUT2D eigenvalue weighted by Crippen LogP contribution is 2.28. The Morgan fingerprint density at radius 3 is 2.47 bits per heavy atom. The molecule has 1 saturated heterocycles. The maximum atomic E-state index is 14.1. The third kappa shape index (κ3) is 4.63. The van der Waals surface area contributed by atoms with E-state index in [4.69, 9.17) is 28.9 Å². The van der Waals surface area contributed by atoms with Crippen LogP contribution in [-0.2, 0) is 0 Å². The smallest absolute Gasteiger partial charge is 0.271 e. The van der Waals surface area contributed by atoms with Crippen molar-refractivity contribution in [1.29, 1.82) is 0 Å². The molecule has 8 nitrogen and oxygen atoms in total. The van der Waals surface area contributed by atoms with E-state index < -0.39 is 5.91 Å². The summed E-state index contributed by atoms with van der Waals surface area (Å²) in [6, 6.07) is 11.3. The normalized spacial score (nSPS) is 13.7. The minimum Gasteiger partial charge on any atom is -0.393 e. The van der Waals surface area contributed by atoms with E-state index in [0.29, 0.717) is 42.7 Å². The molecule has 3 aromatic rings. The molecule has 2 aromatic carbocycles. The molecule has 4 rings (SSSR count). The number of hydrazine groups is 1. The molecule has 1 fully saturated rings. The summed E-state index contributed by atoms with van der Waals surface area (Å²) in [5.74, 6) is 0.0784. The Balaban J connectivity index is 1.42. The summed E-state index contributed by atoms with van der Waals surface area (Å²) in [4.78, 5) is 24.8. The highest BCUT2D eigenvalue weighted by atomic mass is 35.5. The number of piperazine rings is 1. The molecule has 0 radical (unpaired) electrons. The van der Waals surface area contributed by atoms with E-state index in [0.717, 1.165) is 0 Å². The molecule has 11 heteroatoms. The number of amides is 1. The van der Waals surface area contributed by atoms with Gasteiger partial charge in [-0.1, -0.05) is 35.3 Å². The molecule has 1 aliphatic rings. The van der Waals surface area contributed by atoms with Crippen LogP contribution in [0.15, 0.2) is 48.8 Å². The van der Waals surface area contributed by atoms with E-state index in [1.54, 1.807) is 18.2 Å². The number of anilines is 4. The number of rotatable bonds is 5. The van der Waals surface area contributed by atoms with Gasteiger partial charge in [-0.2, -0.15) is 0 Å². The SMILES string of the molecule is Nc1c(NNC(=O)c2ccc(Cl)cc2Cl)ncnc1N1CCN(c2ccccc2F)CC1. The van der Waals surface area contributed by atoms with Crippen molar-refractivity contribution in [2.24, 2.45) is 0 Å². The monoisotopic (exact) mass is 475 g/mol. The van der Waals surface area contributed by atoms with E-state index in [2.05, 4.69) is 20.8 Å². The Morgan fingerprint density at radius 1 is 1.03 bits per heavy atom. The Morgan fingerprint density at radius 2 is 1.75 bits per heavy atom. The molecular formula is C21H20Cl2FN7O. The van der Waals surface area contributed by atoms with E-state index in [-0.39, 0.29) is 27.9 Å². The molecule has 0 atom stereocenters. The van der Waals surface area contributed by atoms with Crippen molar-refractivity contribution < 1.29 is 9.18 Å².